The van der Waals surface area contributed by atoms with Crippen molar-refractivity contribution in [2.75, 3.05) is 5.73 Å². The van der Waals surface area contributed by atoms with Crippen LogP contribution in [0.15, 0.2) is 15.6 Å². The second kappa shape index (κ2) is 3.99. The van der Waals surface area contributed by atoms with Gasteiger partial charge in [-0.15, -0.1) is 0 Å². The summed E-state index contributed by atoms with van der Waals surface area (Å²) in [6.07, 6.45) is -2.12. The van der Waals surface area contributed by atoms with Crippen molar-refractivity contribution in [2.24, 2.45) is 5.14 Å². The Morgan fingerprint density at radius 3 is 2.40 bits per heavy atom. The smallest absolute Gasteiger partial charge is 0.268 e. The lowest BCUT2D eigenvalue weighted by molar-refractivity contribution is 0.150. The van der Waals surface area contributed by atoms with Crippen molar-refractivity contribution in [3.05, 3.63) is 16.2 Å². The van der Waals surface area contributed by atoms with E-state index in [9.17, 15) is 17.2 Å². The van der Waals surface area contributed by atoms with Gasteiger partial charge in [-0.05, 0) is 15.9 Å². The largest absolute Gasteiger partial charge is 0.383 e. The van der Waals surface area contributed by atoms with Crippen LogP contribution in [0.2, 0.25) is 0 Å². The fourth-order valence-electron chi connectivity index (χ4n) is 0.905. The molecule has 15 heavy (non-hydrogen) atoms. The minimum absolute atomic E-state index is 0.354. The van der Waals surface area contributed by atoms with Crippen molar-refractivity contribution in [1.82, 2.24) is 4.98 Å². The molecule has 4 N–H and O–H groups in total. The maximum absolute atomic E-state index is 12.5. The lowest BCUT2D eigenvalue weighted by Gasteiger charge is -2.09. The third kappa shape index (κ3) is 2.41. The van der Waals surface area contributed by atoms with Crippen LogP contribution < -0.4 is 10.9 Å². The molecule has 0 aliphatic carbocycles. The van der Waals surface area contributed by atoms with Crippen LogP contribution in [0.5, 0.6) is 0 Å². The van der Waals surface area contributed by atoms with Crippen LogP contribution >= 0.6 is 15.9 Å². The van der Waals surface area contributed by atoms with Crippen molar-refractivity contribution in [3.8, 4) is 0 Å². The first kappa shape index (κ1) is 12.3. The van der Waals surface area contributed by atoms with Gasteiger partial charge < -0.3 is 5.73 Å². The number of nitrogens with two attached hydrogens (primary N) is 2. The Morgan fingerprint density at radius 2 is 2.00 bits per heavy atom. The van der Waals surface area contributed by atoms with Crippen molar-refractivity contribution in [2.45, 2.75) is 11.3 Å². The van der Waals surface area contributed by atoms with Gasteiger partial charge in [0.15, 0.2) is 0 Å². The van der Waals surface area contributed by atoms with Gasteiger partial charge in [0, 0.05) is 0 Å². The topological polar surface area (TPSA) is 99.1 Å². The maximum atomic E-state index is 12.5. The van der Waals surface area contributed by atoms with Gasteiger partial charge in [-0.2, -0.15) is 0 Å². The van der Waals surface area contributed by atoms with Gasteiger partial charge in [0.1, 0.15) is 10.7 Å². The third-order valence-electron chi connectivity index (χ3n) is 1.57. The SMILES string of the molecule is Nc1ncc(S(N)(=O)=O)c(Br)c1C(F)F. The lowest BCUT2D eigenvalue weighted by Crippen LogP contribution is -2.15. The first-order valence-corrected chi connectivity index (χ1v) is 5.84. The zero-order valence-corrected chi connectivity index (χ0v) is 9.52. The summed E-state index contributed by atoms with van der Waals surface area (Å²) in [5.74, 6) is -0.440. The Bertz CT molecular complexity index is 491. The van der Waals surface area contributed by atoms with Crippen LogP contribution in [0, 0.1) is 0 Å². The summed E-state index contributed by atoms with van der Waals surface area (Å²) in [5.41, 5.74) is 4.50. The molecule has 84 valence electrons. The molecule has 1 heterocycles. The van der Waals surface area contributed by atoms with Gasteiger partial charge in [-0.3, -0.25) is 0 Å². The fraction of sp³-hybridized carbons (Fsp3) is 0.167. The van der Waals surface area contributed by atoms with Crippen molar-refractivity contribution in [1.29, 1.82) is 0 Å². The fourth-order valence-corrected chi connectivity index (χ4v) is 2.62. The minimum Gasteiger partial charge on any atom is -0.383 e. The molecular formula is C6H6BrF2N3O2S. The number of aromatic nitrogens is 1. The van der Waals surface area contributed by atoms with Crippen LogP contribution in [0.1, 0.15) is 12.0 Å². The summed E-state index contributed by atoms with van der Waals surface area (Å²) in [5, 5.41) is 4.79. The molecule has 1 aromatic rings. The quantitative estimate of drug-likeness (QED) is 0.851. The molecule has 0 amide bonds. The molecule has 9 heteroatoms. The van der Waals surface area contributed by atoms with E-state index in [2.05, 4.69) is 20.9 Å². The average Bonchev–Trinajstić information content (AvgIpc) is 2.00. The molecule has 0 saturated carbocycles. The molecule has 0 bridgehead atoms. The van der Waals surface area contributed by atoms with Gasteiger partial charge in [-0.25, -0.2) is 27.3 Å². The Balaban J connectivity index is 3.56. The average molecular weight is 302 g/mol. The highest BCUT2D eigenvalue weighted by Crippen LogP contribution is 2.34. The monoisotopic (exact) mass is 301 g/mol. The highest BCUT2D eigenvalue weighted by atomic mass is 79.9. The number of pyridine rings is 1. The Morgan fingerprint density at radius 1 is 1.47 bits per heavy atom. The summed E-state index contributed by atoms with van der Waals surface area (Å²) in [6, 6.07) is 0. The molecule has 0 aromatic carbocycles. The van der Waals surface area contributed by atoms with E-state index in [4.69, 9.17) is 10.9 Å². The van der Waals surface area contributed by atoms with Crippen LogP contribution in [-0.2, 0) is 10.0 Å². The van der Waals surface area contributed by atoms with Crippen LogP contribution in [0.3, 0.4) is 0 Å². The second-order valence-corrected chi connectivity index (χ2v) is 4.90. The van der Waals surface area contributed by atoms with E-state index in [-0.39, 0.29) is 4.47 Å². The van der Waals surface area contributed by atoms with E-state index in [1.54, 1.807) is 0 Å². The number of nitrogen functional groups attached to an aromatic ring is 1. The Hall–Kier alpha value is -0.800. The number of alkyl halides is 2. The van der Waals surface area contributed by atoms with Gasteiger partial charge in [-0.1, -0.05) is 0 Å². The molecule has 5 nitrogen and oxygen atoms in total. The zero-order valence-electron chi connectivity index (χ0n) is 7.12. The van der Waals surface area contributed by atoms with E-state index < -0.39 is 32.7 Å². The molecule has 0 aliphatic rings. The number of rotatable bonds is 2. The number of sulfonamides is 1. The van der Waals surface area contributed by atoms with Crippen LogP contribution in [0.25, 0.3) is 0 Å². The summed E-state index contributed by atoms with van der Waals surface area (Å²) in [6.45, 7) is 0. The minimum atomic E-state index is -4.10. The third-order valence-corrected chi connectivity index (χ3v) is 3.61. The summed E-state index contributed by atoms with van der Waals surface area (Å²) in [7, 11) is -4.10. The van der Waals surface area contributed by atoms with Gasteiger partial charge in [0.2, 0.25) is 10.0 Å². The molecule has 0 unspecified atom stereocenters. The van der Waals surface area contributed by atoms with E-state index in [1.807, 2.05) is 0 Å². The molecule has 0 radical (unpaired) electrons. The molecule has 0 spiro atoms. The molecule has 0 aliphatic heterocycles. The number of halogens is 3. The van der Waals surface area contributed by atoms with Gasteiger partial charge in [0.25, 0.3) is 6.43 Å². The molecule has 1 aromatic heterocycles. The number of hydrogen-bond donors (Lipinski definition) is 2. The predicted octanol–water partition coefficient (Wildman–Crippen LogP) is 1.01. The second-order valence-electron chi connectivity index (χ2n) is 2.58. The molecular weight excluding hydrogens is 296 g/mol. The maximum Gasteiger partial charge on any atom is 0.268 e. The summed E-state index contributed by atoms with van der Waals surface area (Å²) >= 11 is 2.71. The van der Waals surface area contributed by atoms with Crippen LogP contribution in [-0.4, -0.2) is 13.4 Å². The highest BCUT2D eigenvalue weighted by molar-refractivity contribution is 9.10. The van der Waals surface area contributed by atoms with E-state index in [0.29, 0.717) is 0 Å². The number of primary sulfonamides is 1. The molecule has 0 fully saturated rings. The molecule has 0 atom stereocenters. The normalized spacial score (nSPS) is 12.1. The molecule has 1 rings (SSSR count). The van der Waals surface area contributed by atoms with Crippen molar-refractivity contribution >= 4 is 31.8 Å². The summed E-state index contributed by atoms with van der Waals surface area (Å²) in [4.78, 5) is 2.81. The van der Waals surface area contributed by atoms with E-state index >= 15 is 0 Å². The van der Waals surface area contributed by atoms with Gasteiger partial charge >= 0.3 is 0 Å². The number of anilines is 1. The first-order valence-electron chi connectivity index (χ1n) is 3.50. The summed E-state index contributed by atoms with van der Waals surface area (Å²) < 4.78 is 46.5. The standard InChI is InChI=1S/C6H6BrF2N3O2S/c7-4-2(15(11,13)14)1-12-6(10)3(4)5(8)9/h1,5H,(H2,10,12)(H2,11,13,14). The van der Waals surface area contributed by atoms with Crippen molar-refractivity contribution in [3.63, 3.8) is 0 Å². The lowest BCUT2D eigenvalue weighted by atomic mass is 10.3. The molecule has 0 saturated heterocycles. The number of hydrogen-bond acceptors (Lipinski definition) is 4. The predicted molar refractivity (Wildman–Crippen MR) is 52.7 cm³/mol. The first-order chi connectivity index (χ1) is 6.75. The van der Waals surface area contributed by atoms with Crippen LogP contribution in [0.4, 0.5) is 14.6 Å². The number of nitrogens with zero attached hydrogens (tertiary/aromatic N) is 1. The van der Waals surface area contributed by atoms with E-state index in [0.717, 1.165) is 6.20 Å². The van der Waals surface area contributed by atoms with E-state index in [1.165, 1.54) is 0 Å². The van der Waals surface area contributed by atoms with Gasteiger partial charge in [0.05, 0.1) is 16.2 Å². The zero-order chi connectivity index (χ0) is 11.8. The highest BCUT2D eigenvalue weighted by Gasteiger charge is 2.23. The Labute approximate surface area is 92.7 Å². The Kier molecular flexibility index (Phi) is 3.26. The van der Waals surface area contributed by atoms with Crippen molar-refractivity contribution < 1.29 is 17.2 Å².